The third-order valence-electron chi connectivity index (χ3n) is 6.02. The first-order valence-corrected chi connectivity index (χ1v) is 11.2. The van der Waals surface area contributed by atoms with E-state index in [2.05, 4.69) is 5.32 Å². The first-order chi connectivity index (χ1) is 16.2. The smallest absolute Gasteiger partial charge is 0.326 e. The fourth-order valence-corrected chi connectivity index (χ4v) is 4.11. The van der Waals surface area contributed by atoms with Crippen molar-refractivity contribution in [3.05, 3.63) is 71.0 Å². The maximum atomic E-state index is 13.4. The van der Waals surface area contributed by atoms with Crippen LogP contribution < -0.4 is 5.32 Å². The number of nitrogens with zero attached hydrogens (tertiary/aromatic N) is 1. The highest BCUT2D eigenvalue weighted by Crippen LogP contribution is 2.22. The lowest BCUT2D eigenvalue weighted by molar-refractivity contribution is -0.142. The molecule has 1 fully saturated rings. The van der Waals surface area contributed by atoms with Crippen molar-refractivity contribution in [3.63, 3.8) is 0 Å². The van der Waals surface area contributed by atoms with Crippen molar-refractivity contribution in [2.24, 2.45) is 5.92 Å². The molecule has 2 aromatic carbocycles. The number of piperidine rings is 1. The third-order valence-corrected chi connectivity index (χ3v) is 6.02. The average Bonchev–Trinajstić information content (AvgIpc) is 2.80. The zero-order valence-corrected chi connectivity index (χ0v) is 18.6. The molecule has 0 bridgehead atoms. The highest BCUT2D eigenvalue weighted by Gasteiger charge is 2.26. The average molecular weight is 476 g/mol. The Balaban J connectivity index is 1.43. The molecule has 182 valence electrons. The molecular weight excluding hydrogens is 449 g/mol. The lowest BCUT2D eigenvalue weighted by Crippen LogP contribution is -2.44. The van der Waals surface area contributed by atoms with E-state index in [9.17, 15) is 32.7 Å². The summed E-state index contributed by atoms with van der Waals surface area (Å²) in [7, 11) is 0. The number of rotatable bonds is 9. The normalized spacial score (nSPS) is 15.1. The topological polar surface area (TPSA) is 86.7 Å². The second kappa shape index (κ2) is 11.7. The summed E-state index contributed by atoms with van der Waals surface area (Å²) < 4.78 is 39.7. The maximum Gasteiger partial charge on any atom is 0.326 e. The van der Waals surface area contributed by atoms with Crippen LogP contribution in [0.5, 0.6) is 0 Å². The van der Waals surface area contributed by atoms with Crippen LogP contribution in [0.4, 0.5) is 13.2 Å². The molecule has 1 heterocycles. The number of halogens is 3. The third kappa shape index (κ3) is 7.33. The van der Waals surface area contributed by atoms with E-state index in [1.54, 1.807) is 17.0 Å². The Morgan fingerprint density at radius 3 is 2.38 bits per heavy atom. The maximum absolute atomic E-state index is 13.4. The van der Waals surface area contributed by atoms with Crippen molar-refractivity contribution in [2.45, 2.75) is 44.6 Å². The van der Waals surface area contributed by atoms with Crippen LogP contribution in [0.25, 0.3) is 0 Å². The highest BCUT2D eigenvalue weighted by atomic mass is 19.2. The van der Waals surface area contributed by atoms with E-state index in [1.165, 1.54) is 18.2 Å². The molecule has 9 heteroatoms. The number of aliphatic carboxylic acids is 1. The molecule has 0 spiro atoms. The summed E-state index contributed by atoms with van der Waals surface area (Å²) in [5, 5.41) is 11.9. The first-order valence-electron chi connectivity index (χ1n) is 11.2. The van der Waals surface area contributed by atoms with E-state index in [-0.39, 0.29) is 42.5 Å². The van der Waals surface area contributed by atoms with Gasteiger partial charge in [-0.05, 0) is 60.6 Å². The molecule has 0 aromatic heterocycles. The van der Waals surface area contributed by atoms with Crippen molar-refractivity contribution in [2.75, 3.05) is 13.1 Å². The number of carboxylic acid groups (broad SMARTS) is 1. The second-order valence-electron chi connectivity index (χ2n) is 8.57. The summed E-state index contributed by atoms with van der Waals surface area (Å²) in [5.74, 6) is -4.17. The molecule has 1 aliphatic heterocycles. The van der Waals surface area contributed by atoms with Gasteiger partial charge in [0.05, 0.1) is 0 Å². The van der Waals surface area contributed by atoms with Gasteiger partial charge in [-0.15, -0.1) is 0 Å². The lowest BCUT2D eigenvalue weighted by Gasteiger charge is -2.32. The molecule has 0 aliphatic carbocycles. The van der Waals surface area contributed by atoms with Crippen LogP contribution in [0.15, 0.2) is 42.5 Å². The van der Waals surface area contributed by atoms with Crippen LogP contribution >= 0.6 is 0 Å². The molecule has 2 amide bonds. The summed E-state index contributed by atoms with van der Waals surface area (Å²) >= 11 is 0. The minimum Gasteiger partial charge on any atom is -0.480 e. The van der Waals surface area contributed by atoms with Gasteiger partial charge in [0.2, 0.25) is 11.8 Å². The Hall–Kier alpha value is -3.36. The number of nitrogens with one attached hydrogen (secondary N) is 1. The number of hydrogen-bond acceptors (Lipinski definition) is 3. The first kappa shape index (κ1) is 25.3. The number of likely N-dealkylation sites (tertiary alicyclic amines) is 1. The molecular formula is C25H27F3N2O4. The van der Waals surface area contributed by atoms with Crippen LogP contribution in [0.3, 0.4) is 0 Å². The standard InChI is InChI=1S/C25H27F3N2O4/c26-19-3-1-2-16(12-19)5-7-24(32)30-10-8-17(9-11-30)15-23(31)29-22(25(33)34)14-18-4-6-20(27)21(28)13-18/h1-4,6,12-13,17,22H,5,7-11,14-15H2,(H,29,31)(H,33,34). The van der Waals surface area contributed by atoms with Crippen LogP contribution in [-0.2, 0) is 27.2 Å². The van der Waals surface area contributed by atoms with Crippen LogP contribution in [0, 0.1) is 23.4 Å². The van der Waals surface area contributed by atoms with Gasteiger partial charge >= 0.3 is 5.97 Å². The van der Waals surface area contributed by atoms with E-state index in [4.69, 9.17) is 0 Å². The van der Waals surface area contributed by atoms with Crippen LogP contribution in [-0.4, -0.2) is 46.9 Å². The molecule has 1 atom stereocenters. The molecule has 2 aromatic rings. The van der Waals surface area contributed by atoms with Crippen LogP contribution in [0.2, 0.25) is 0 Å². The van der Waals surface area contributed by atoms with E-state index in [1.807, 2.05) is 0 Å². The lowest BCUT2D eigenvalue weighted by atomic mass is 9.92. The Morgan fingerprint density at radius 2 is 1.74 bits per heavy atom. The zero-order chi connectivity index (χ0) is 24.7. The van der Waals surface area contributed by atoms with Crippen molar-refractivity contribution >= 4 is 17.8 Å². The largest absolute Gasteiger partial charge is 0.480 e. The fourth-order valence-electron chi connectivity index (χ4n) is 4.11. The molecule has 3 rings (SSSR count). The molecule has 0 radical (unpaired) electrons. The quantitative estimate of drug-likeness (QED) is 0.580. The molecule has 1 aliphatic rings. The van der Waals surface area contributed by atoms with Gasteiger partial charge in [0.15, 0.2) is 11.6 Å². The van der Waals surface area contributed by atoms with Gasteiger partial charge in [-0.2, -0.15) is 0 Å². The number of carbonyl (C=O) groups excluding carboxylic acids is 2. The number of amides is 2. The van der Waals surface area contributed by atoms with Crippen molar-refractivity contribution in [1.29, 1.82) is 0 Å². The van der Waals surface area contributed by atoms with Gasteiger partial charge in [0, 0.05) is 32.4 Å². The Labute approximate surface area is 195 Å². The summed E-state index contributed by atoms with van der Waals surface area (Å²) in [6, 6.07) is 8.00. The molecule has 1 saturated heterocycles. The number of benzene rings is 2. The second-order valence-corrected chi connectivity index (χ2v) is 8.57. The molecule has 0 saturated carbocycles. The van der Waals surface area contributed by atoms with Gasteiger partial charge in [-0.1, -0.05) is 18.2 Å². The summed E-state index contributed by atoms with van der Waals surface area (Å²) in [6.07, 6.45) is 1.90. The zero-order valence-electron chi connectivity index (χ0n) is 18.6. The predicted molar refractivity (Wildman–Crippen MR) is 118 cm³/mol. The summed E-state index contributed by atoms with van der Waals surface area (Å²) in [5.41, 5.74) is 1.02. The van der Waals surface area contributed by atoms with E-state index in [0.29, 0.717) is 32.4 Å². The van der Waals surface area contributed by atoms with Gasteiger partial charge in [0.1, 0.15) is 11.9 Å². The SMILES string of the molecule is O=C(CC1CCN(C(=O)CCc2cccc(F)c2)CC1)NC(Cc1ccc(F)c(F)c1)C(=O)O. The molecule has 6 nitrogen and oxygen atoms in total. The summed E-state index contributed by atoms with van der Waals surface area (Å²) in [6.45, 7) is 0.994. The fraction of sp³-hybridized carbons (Fsp3) is 0.400. The van der Waals surface area contributed by atoms with E-state index < -0.39 is 29.6 Å². The van der Waals surface area contributed by atoms with Crippen LogP contribution in [0.1, 0.15) is 36.8 Å². The molecule has 34 heavy (non-hydrogen) atoms. The highest BCUT2D eigenvalue weighted by molar-refractivity contribution is 5.84. The number of aryl methyl sites for hydroxylation is 1. The minimum atomic E-state index is -1.27. The Kier molecular flexibility index (Phi) is 8.67. The summed E-state index contributed by atoms with van der Waals surface area (Å²) in [4.78, 5) is 38.2. The van der Waals surface area contributed by atoms with Crippen molar-refractivity contribution in [3.8, 4) is 0 Å². The van der Waals surface area contributed by atoms with E-state index >= 15 is 0 Å². The Morgan fingerprint density at radius 1 is 1.00 bits per heavy atom. The van der Waals surface area contributed by atoms with Crippen molar-refractivity contribution in [1.82, 2.24) is 10.2 Å². The minimum absolute atomic E-state index is 0.00461. The molecule has 1 unspecified atom stereocenters. The van der Waals surface area contributed by atoms with E-state index in [0.717, 1.165) is 17.7 Å². The van der Waals surface area contributed by atoms with Gasteiger partial charge in [-0.3, -0.25) is 9.59 Å². The number of carboxylic acids is 1. The van der Waals surface area contributed by atoms with Gasteiger partial charge in [-0.25, -0.2) is 18.0 Å². The number of carbonyl (C=O) groups is 3. The monoisotopic (exact) mass is 476 g/mol. The Bertz CT molecular complexity index is 1040. The van der Waals surface area contributed by atoms with Gasteiger partial charge < -0.3 is 15.3 Å². The van der Waals surface area contributed by atoms with Gasteiger partial charge in [0.25, 0.3) is 0 Å². The predicted octanol–water partition coefficient (Wildman–Crippen LogP) is 3.48. The number of hydrogen-bond donors (Lipinski definition) is 2. The molecule has 2 N–H and O–H groups in total. The van der Waals surface area contributed by atoms with Crippen molar-refractivity contribution < 1.29 is 32.7 Å².